The lowest BCUT2D eigenvalue weighted by Gasteiger charge is -2.04. The van der Waals surface area contributed by atoms with Crippen LogP contribution in [0.3, 0.4) is 0 Å². The molecule has 9 heteroatoms. The summed E-state index contributed by atoms with van der Waals surface area (Å²) >= 11 is 0.870. The number of thiazole rings is 1. The molecule has 30 heavy (non-hydrogen) atoms. The van der Waals surface area contributed by atoms with Gasteiger partial charge in [-0.05, 0) is 31.2 Å². The molecule has 0 atom stereocenters. The number of rotatable bonds is 6. The summed E-state index contributed by atoms with van der Waals surface area (Å²) in [5.74, 6) is -0.825. The molecule has 0 aliphatic rings. The second-order valence-corrected chi connectivity index (χ2v) is 6.92. The van der Waals surface area contributed by atoms with Crippen molar-refractivity contribution in [2.24, 2.45) is 0 Å². The second kappa shape index (κ2) is 9.54. The number of nitrogens with one attached hydrogen (secondary N) is 1. The van der Waals surface area contributed by atoms with Crippen molar-refractivity contribution in [2.45, 2.75) is 13.5 Å². The van der Waals surface area contributed by atoms with Gasteiger partial charge in [-0.2, -0.15) is 5.26 Å². The number of hydrogen-bond donors (Lipinski definition) is 1. The highest BCUT2D eigenvalue weighted by atomic mass is 32.1. The van der Waals surface area contributed by atoms with Gasteiger partial charge in [0.25, 0.3) is 11.5 Å². The van der Waals surface area contributed by atoms with Gasteiger partial charge in [0.05, 0.1) is 25.1 Å². The van der Waals surface area contributed by atoms with E-state index in [-0.39, 0.29) is 27.9 Å². The lowest BCUT2D eigenvalue weighted by molar-refractivity contribution is -0.135. The highest BCUT2D eigenvalue weighted by Gasteiger charge is 2.17. The third kappa shape index (κ3) is 4.56. The van der Waals surface area contributed by atoms with Crippen LogP contribution in [0.5, 0.6) is 0 Å². The van der Waals surface area contributed by atoms with Gasteiger partial charge in [0.15, 0.2) is 5.57 Å². The number of aromatic nitrogens is 1. The molecule has 8 nitrogen and oxygen atoms in total. The normalized spacial score (nSPS) is 12.2. The van der Waals surface area contributed by atoms with E-state index < -0.39 is 17.4 Å². The molecule has 152 valence electrons. The number of ether oxygens (including phenoxy) is 1. The van der Waals surface area contributed by atoms with E-state index in [9.17, 15) is 19.6 Å². The summed E-state index contributed by atoms with van der Waals surface area (Å²) in [6.07, 6.45) is 2.54. The molecule has 1 N–H and O–H groups in total. The fraction of sp³-hybridized carbons (Fsp3) is 0.143. The van der Waals surface area contributed by atoms with E-state index in [1.54, 1.807) is 49.4 Å². The van der Waals surface area contributed by atoms with Crippen LogP contribution < -0.4 is 20.1 Å². The Morgan fingerprint density at radius 1 is 1.27 bits per heavy atom. The number of furan rings is 1. The van der Waals surface area contributed by atoms with Gasteiger partial charge in [0.1, 0.15) is 21.0 Å². The predicted molar refractivity (Wildman–Crippen MR) is 110 cm³/mol. The van der Waals surface area contributed by atoms with E-state index in [1.807, 2.05) is 6.07 Å². The van der Waals surface area contributed by atoms with E-state index in [1.165, 1.54) is 10.8 Å². The van der Waals surface area contributed by atoms with E-state index >= 15 is 0 Å². The minimum atomic E-state index is -0.677. The summed E-state index contributed by atoms with van der Waals surface area (Å²) in [6.45, 7) is 1.89. The molecule has 0 unspecified atom stereocenters. The Balaban J connectivity index is 2.17. The van der Waals surface area contributed by atoms with Gasteiger partial charge < -0.3 is 14.5 Å². The monoisotopic (exact) mass is 423 g/mol. The number of benzene rings is 1. The summed E-state index contributed by atoms with van der Waals surface area (Å²) < 4.78 is 11.4. The quantitative estimate of drug-likeness (QED) is 0.588. The van der Waals surface area contributed by atoms with Crippen molar-refractivity contribution in [1.82, 2.24) is 9.88 Å². The maximum atomic E-state index is 13.0. The van der Waals surface area contributed by atoms with Crippen molar-refractivity contribution >= 4 is 34.9 Å². The first kappa shape index (κ1) is 20.8. The van der Waals surface area contributed by atoms with Crippen molar-refractivity contribution in [3.63, 3.8) is 0 Å². The molecule has 2 aromatic heterocycles. The van der Waals surface area contributed by atoms with Crippen LogP contribution in [0.15, 0.2) is 57.9 Å². The van der Waals surface area contributed by atoms with Crippen LogP contribution in [0, 0.1) is 11.3 Å². The number of carbonyl (C=O) groups is 2. The highest BCUT2D eigenvalue weighted by molar-refractivity contribution is 7.07. The van der Waals surface area contributed by atoms with Crippen LogP contribution in [0.25, 0.3) is 17.3 Å². The summed E-state index contributed by atoms with van der Waals surface area (Å²) in [6, 6.07) is 13.8. The molecule has 2 heterocycles. The van der Waals surface area contributed by atoms with Crippen LogP contribution in [-0.2, 0) is 20.9 Å². The van der Waals surface area contributed by atoms with E-state index in [2.05, 4.69) is 5.32 Å². The lowest BCUT2D eigenvalue weighted by atomic mass is 10.2. The van der Waals surface area contributed by atoms with Crippen LogP contribution in [-0.4, -0.2) is 23.1 Å². The van der Waals surface area contributed by atoms with Crippen molar-refractivity contribution < 1.29 is 18.7 Å². The number of nitriles is 1. The van der Waals surface area contributed by atoms with Crippen molar-refractivity contribution in [2.75, 3.05) is 6.61 Å². The zero-order valence-corrected chi connectivity index (χ0v) is 16.8. The fourth-order valence-corrected chi connectivity index (χ4v) is 3.68. The molecule has 0 spiro atoms. The summed E-state index contributed by atoms with van der Waals surface area (Å²) in [5.41, 5.74) is -0.319. The maximum Gasteiger partial charge on any atom is 0.332 e. The number of carbonyl (C=O) groups excluding carboxylic acids is 2. The second-order valence-electron chi connectivity index (χ2n) is 5.89. The van der Waals surface area contributed by atoms with Gasteiger partial charge in [0, 0.05) is 6.08 Å². The minimum absolute atomic E-state index is 0.0545. The molecule has 1 amide bonds. The van der Waals surface area contributed by atoms with Crippen LogP contribution >= 0.6 is 11.3 Å². The Morgan fingerprint density at radius 2 is 2.03 bits per heavy atom. The molecule has 3 rings (SSSR count). The first-order valence-electron chi connectivity index (χ1n) is 8.96. The standard InChI is InChI=1S/C21H17N3O5S/c1-2-28-18(25)11-17-20(27)24(14-7-4-3-5-8-14)21(30-17)16(12-22)19(26)23-13-15-9-6-10-29-15/h3-11H,2,13H2,1H3,(H,23,26)/b17-11+,21-16-. The van der Waals surface area contributed by atoms with Gasteiger partial charge in [-0.25, -0.2) is 4.79 Å². The summed E-state index contributed by atoms with van der Waals surface area (Å²) in [7, 11) is 0. The number of hydrogen-bond acceptors (Lipinski definition) is 7. The Kier molecular flexibility index (Phi) is 6.62. The Hall–Kier alpha value is -3.90. The van der Waals surface area contributed by atoms with Crippen LogP contribution in [0.4, 0.5) is 0 Å². The van der Waals surface area contributed by atoms with Crippen molar-refractivity contribution in [3.8, 4) is 11.8 Å². The fourth-order valence-electron chi connectivity index (χ4n) is 2.62. The van der Waals surface area contributed by atoms with Gasteiger partial charge >= 0.3 is 5.97 Å². The molecule has 0 saturated heterocycles. The summed E-state index contributed by atoms with van der Waals surface area (Å²) in [5, 5.41) is 12.3. The molecule has 0 fully saturated rings. The topological polar surface area (TPSA) is 114 Å². The molecule has 0 aliphatic carbocycles. The molecule has 0 aliphatic heterocycles. The Morgan fingerprint density at radius 3 is 2.67 bits per heavy atom. The van der Waals surface area contributed by atoms with E-state index in [4.69, 9.17) is 9.15 Å². The molecule has 3 aromatic rings. The SMILES string of the molecule is CCOC(=O)/C=c1/s/c(=C(/C#N)C(=O)NCc2ccco2)n(-c2ccccc2)c1=O. The number of esters is 1. The Bertz CT molecular complexity index is 1260. The highest BCUT2D eigenvalue weighted by Crippen LogP contribution is 2.04. The predicted octanol–water partition coefficient (Wildman–Crippen LogP) is 0.826. The third-order valence-corrected chi connectivity index (χ3v) is 5.02. The van der Waals surface area contributed by atoms with Gasteiger partial charge in [-0.3, -0.25) is 14.2 Å². The largest absolute Gasteiger partial charge is 0.467 e. The minimum Gasteiger partial charge on any atom is -0.467 e. The average Bonchev–Trinajstić information content (AvgIpc) is 3.36. The van der Waals surface area contributed by atoms with Crippen molar-refractivity contribution in [3.05, 3.63) is 74.0 Å². The molecular formula is C21H17N3O5S. The lowest BCUT2D eigenvalue weighted by Crippen LogP contribution is -2.34. The van der Waals surface area contributed by atoms with E-state index in [0.717, 1.165) is 17.4 Å². The number of para-hydroxylation sites is 1. The van der Waals surface area contributed by atoms with E-state index in [0.29, 0.717) is 11.4 Å². The zero-order chi connectivity index (χ0) is 21.5. The maximum absolute atomic E-state index is 13.0. The van der Waals surface area contributed by atoms with Gasteiger partial charge in [-0.15, -0.1) is 11.3 Å². The molecule has 0 saturated carbocycles. The zero-order valence-electron chi connectivity index (χ0n) is 16.0. The first-order chi connectivity index (χ1) is 14.5. The Labute approximate surface area is 174 Å². The number of amides is 1. The number of nitrogens with zero attached hydrogens (tertiary/aromatic N) is 2. The molecular weight excluding hydrogens is 406 g/mol. The van der Waals surface area contributed by atoms with Gasteiger partial charge in [0.2, 0.25) is 0 Å². The summed E-state index contributed by atoms with van der Waals surface area (Å²) in [4.78, 5) is 37.5. The van der Waals surface area contributed by atoms with Crippen molar-refractivity contribution in [1.29, 1.82) is 5.26 Å². The molecule has 0 bridgehead atoms. The average molecular weight is 423 g/mol. The third-order valence-electron chi connectivity index (χ3n) is 3.93. The molecule has 0 radical (unpaired) electrons. The van der Waals surface area contributed by atoms with Gasteiger partial charge in [-0.1, -0.05) is 18.2 Å². The van der Waals surface area contributed by atoms with Crippen LogP contribution in [0.1, 0.15) is 12.7 Å². The smallest absolute Gasteiger partial charge is 0.332 e. The van der Waals surface area contributed by atoms with Crippen LogP contribution in [0.2, 0.25) is 0 Å². The first-order valence-corrected chi connectivity index (χ1v) is 9.77. The molecule has 1 aromatic carbocycles.